The molecule has 4 aliphatic rings. The molecule has 1 unspecified atom stereocenters. The van der Waals surface area contributed by atoms with Gasteiger partial charge in [-0.1, -0.05) is 73.2 Å². The van der Waals surface area contributed by atoms with Gasteiger partial charge in [-0.15, -0.1) is 0 Å². The van der Waals surface area contributed by atoms with Crippen LogP contribution in [0.3, 0.4) is 0 Å². The van der Waals surface area contributed by atoms with Gasteiger partial charge in [0.25, 0.3) is 0 Å². The van der Waals surface area contributed by atoms with Crippen molar-refractivity contribution in [3.05, 3.63) is 99.6 Å². The molecule has 0 aromatic heterocycles. The fourth-order valence-electron chi connectivity index (χ4n) is 6.90. The molecule has 3 nitrogen and oxygen atoms in total. The molecule has 1 heterocycles. The van der Waals surface area contributed by atoms with Crippen LogP contribution in [0.5, 0.6) is 0 Å². The highest BCUT2D eigenvalue weighted by Crippen LogP contribution is 2.64. The number of anilines is 1. The first-order valence-electron chi connectivity index (χ1n) is 11.0. The minimum Gasteiger partial charge on any atom is -0.274 e. The van der Waals surface area contributed by atoms with Gasteiger partial charge in [-0.05, 0) is 54.2 Å². The zero-order chi connectivity index (χ0) is 21.7. The summed E-state index contributed by atoms with van der Waals surface area (Å²) < 4.78 is 0. The van der Waals surface area contributed by atoms with Crippen LogP contribution in [0.15, 0.2) is 60.7 Å². The van der Waals surface area contributed by atoms with Crippen LogP contribution < -0.4 is 4.90 Å². The molecule has 1 aliphatic heterocycles. The molecule has 1 saturated heterocycles. The minimum atomic E-state index is -0.513. The second kappa shape index (κ2) is 5.94. The lowest BCUT2D eigenvalue weighted by Crippen LogP contribution is -2.51. The largest absolute Gasteiger partial charge is 0.274 e. The van der Waals surface area contributed by atoms with E-state index in [9.17, 15) is 9.59 Å². The Morgan fingerprint density at radius 3 is 1.84 bits per heavy atom. The van der Waals surface area contributed by atoms with Gasteiger partial charge in [0.2, 0.25) is 11.8 Å². The molecule has 0 radical (unpaired) electrons. The predicted molar refractivity (Wildman–Crippen MR) is 121 cm³/mol. The normalized spacial score (nSPS) is 27.9. The predicted octanol–water partition coefficient (Wildman–Crippen LogP) is 5.18. The molecule has 3 aromatic rings. The highest BCUT2D eigenvalue weighted by Gasteiger charge is 2.66. The molecule has 3 aromatic carbocycles. The Morgan fingerprint density at radius 2 is 1.29 bits per heavy atom. The zero-order valence-electron chi connectivity index (χ0n) is 18.3. The maximum absolute atomic E-state index is 14.1. The molecule has 0 N–H and O–H groups in total. The highest BCUT2D eigenvalue weighted by atomic mass is 16.2. The zero-order valence-corrected chi connectivity index (χ0v) is 18.3. The molecule has 1 fully saturated rings. The molecule has 7 rings (SSSR count). The van der Waals surface area contributed by atoms with Crippen molar-refractivity contribution in [3.8, 4) is 0 Å². The molecule has 154 valence electrons. The third-order valence-corrected chi connectivity index (χ3v) is 7.90. The molecule has 3 heteroatoms. The van der Waals surface area contributed by atoms with Crippen molar-refractivity contribution in [2.24, 2.45) is 11.8 Å². The topological polar surface area (TPSA) is 37.4 Å². The lowest BCUT2D eigenvalue weighted by Gasteiger charge is -2.52. The maximum Gasteiger partial charge on any atom is 0.238 e. The lowest BCUT2D eigenvalue weighted by molar-refractivity contribution is -0.123. The van der Waals surface area contributed by atoms with E-state index >= 15 is 0 Å². The van der Waals surface area contributed by atoms with E-state index in [1.54, 1.807) is 0 Å². The Bertz CT molecular complexity index is 1230. The third kappa shape index (κ3) is 2.09. The van der Waals surface area contributed by atoms with Crippen LogP contribution in [0.1, 0.15) is 51.8 Å². The molecular formula is C28H25NO2. The number of aryl methyl sites for hydroxylation is 3. The van der Waals surface area contributed by atoms with E-state index in [2.05, 4.69) is 55.5 Å². The van der Waals surface area contributed by atoms with Gasteiger partial charge in [-0.3, -0.25) is 9.59 Å². The third-order valence-electron chi connectivity index (χ3n) is 7.90. The SMILES string of the molecule is Cc1cc(C)c(N2C(=O)C3C4c5ccccc5C(C)(c5ccccc54)[C@@H]3C2=O)c(C)c1. The Labute approximate surface area is 182 Å². The van der Waals surface area contributed by atoms with E-state index in [-0.39, 0.29) is 29.6 Å². The average molecular weight is 408 g/mol. The van der Waals surface area contributed by atoms with Crippen molar-refractivity contribution in [3.63, 3.8) is 0 Å². The number of amides is 2. The lowest BCUT2D eigenvalue weighted by atomic mass is 9.48. The monoisotopic (exact) mass is 407 g/mol. The summed E-state index contributed by atoms with van der Waals surface area (Å²) in [5.74, 6) is -0.920. The number of carbonyl (C=O) groups excluding carboxylic acids is 2. The summed E-state index contributed by atoms with van der Waals surface area (Å²) in [6, 6.07) is 20.9. The number of rotatable bonds is 1. The van der Waals surface area contributed by atoms with Gasteiger partial charge < -0.3 is 0 Å². The molecule has 2 atom stereocenters. The van der Waals surface area contributed by atoms with E-state index in [0.717, 1.165) is 22.4 Å². The van der Waals surface area contributed by atoms with Crippen LogP contribution in [0, 0.1) is 32.6 Å². The molecule has 2 amide bonds. The number of hydrogen-bond acceptors (Lipinski definition) is 2. The summed E-state index contributed by atoms with van der Waals surface area (Å²) in [6.07, 6.45) is 0. The van der Waals surface area contributed by atoms with Crippen LogP contribution >= 0.6 is 0 Å². The van der Waals surface area contributed by atoms with Crippen molar-refractivity contribution in [1.82, 2.24) is 0 Å². The van der Waals surface area contributed by atoms with Gasteiger partial charge in [-0.2, -0.15) is 0 Å². The summed E-state index contributed by atoms with van der Waals surface area (Å²) >= 11 is 0. The smallest absolute Gasteiger partial charge is 0.238 e. The molecule has 0 saturated carbocycles. The van der Waals surface area contributed by atoms with Gasteiger partial charge in [0.05, 0.1) is 17.5 Å². The Kier molecular flexibility index (Phi) is 3.56. The van der Waals surface area contributed by atoms with Crippen LogP contribution in [0.25, 0.3) is 0 Å². The number of imide groups is 1. The van der Waals surface area contributed by atoms with Crippen molar-refractivity contribution in [1.29, 1.82) is 0 Å². The van der Waals surface area contributed by atoms with Crippen LogP contribution in [-0.2, 0) is 15.0 Å². The first-order chi connectivity index (χ1) is 14.9. The minimum absolute atomic E-state index is 0.0507. The van der Waals surface area contributed by atoms with Gasteiger partial charge >= 0.3 is 0 Å². The Balaban J connectivity index is 1.62. The van der Waals surface area contributed by atoms with Crippen molar-refractivity contribution >= 4 is 17.5 Å². The summed E-state index contributed by atoms with van der Waals surface area (Å²) in [5.41, 5.74) is 8.14. The second-order valence-electron chi connectivity index (χ2n) is 9.62. The van der Waals surface area contributed by atoms with Gasteiger partial charge in [0.15, 0.2) is 0 Å². The molecule has 3 aliphatic carbocycles. The molecular weight excluding hydrogens is 382 g/mol. The number of nitrogens with zero attached hydrogens (tertiary/aromatic N) is 1. The summed E-state index contributed by atoms with van der Waals surface area (Å²) in [6.45, 7) is 8.21. The fourth-order valence-corrected chi connectivity index (χ4v) is 6.90. The van der Waals surface area contributed by atoms with E-state index < -0.39 is 5.41 Å². The second-order valence-corrected chi connectivity index (χ2v) is 9.62. The number of hydrogen-bond donors (Lipinski definition) is 0. The Hall–Kier alpha value is -3.20. The van der Waals surface area contributed by atoms with Crippen LogP contribution in [-0.4, -0.2) is 11.8 Å². The van der Waals surface area contributed by atoms with E-state index in [1.807, 2.05) is 32.9 Å². The average Bonchev–Trinajstić information content (AvgIpc) is 3.00. The number of benzene rings is 3. The van der Waals surface area contributed by atoms with Crippen LogP contribution in [0.2, 0.25) is 0 Å². The number of carbonyl (C=O) groups is 2. The van der Waals surface area contributed by atoms with Crippen molar-refractivity contribution < 1.29 is 9.59 Å². The van der Waals surface area contributed by atoms with Gasteiger partial charge in [0.1, 0.15) is 0 Å². The fraction of sp³-hybridized carbons (Fsp3) is 0.286. The first-order valence-corrected chi connectivity index (χ1v) is 11.0. The Morgan fingerprint density at radius 1 is 0.774 bits per heavy atom. The van der Waals surface area contributed by atoms with Crippen molar-refractivity contribution in [2.45, 2.75) is 39.0 Å². The molecule has 2 bridgehead atoms. The van der Waals surface area contributed by atoms with Crippen LogP contribution in [0.4, 0.5) is 5.69 Å². The van der Waals surface area contributed by atoms with Gasteiger partial charge in [-0.25, -0.2) is 4.90 Å². The van der Waals surface area contributed by atoms with E-state index in [0.29, 0.717) is 0 Å². The molecule has 31 heavy (non-hydrogen) atoms. The quantitative estimate of drug-likeness (QED) is 0.521. The molecule has 0 spiro atoms. The summed E-state index contributed by atoms with van der Waals surface area (Å²) in [4.78, 5) is 29.6. The summed E-state index contributed by atoms with van der Waals surface area (Å²) in [5, 5.41) is 0. The maximum atomic E-state index is 14.1. The first kappa shape index (κ1) is 18.6. The summed E-state index contributed by atoms with van der Waals surface area (Å²) in [7, 11) is 0. The van der Waals surface area contributed by atoms with E-state index in [1.165, 1.54) is 27.2 Å². The standard InChI is InChI=1S/C28H25NO2/c1-15-13-16(2)25(17(3)14-15)29-26(30)23-22-18-9-5-7-11-20(18)28(4,24(23)27(29)31)21-12-8-6-10-19(21)22/h5-14,22-24H,1-4H3/t22?,23?,24-,28?/m0/s1. The van der Waals surface area contributed by atoms with E-state index in [4.69, 9.17) is 0 Å². The van der Waals surface area contributed by atoms with Gasteiger partial charge in [0, 0.05) is 11.3 Å². The highest BCUT2D eigenvalue weighted by molar-refractivity contribution is 6.24. The van der Waals surface area contributed by atoms with Crippen molar-refractivity contribution in [2.75, 3.05) is 4.90 Å².